The van der Waals surface area contributed by atoms with Crippen LogP contribution in [0.5, 0.6) is 0 Å². The Kier molecular flexibility index (Phi) is 5.33. The molecule has 0 saturated carbocycles. The smallest absolute Gasteiger partial charge is 0.353 e. The normalized spacial score (nSPS) is 29.2. The van der Waals surface area contributed by atoms with Crippen LogP contribution in [-0.2, 0) is 26.9 Å². The molecule has 3 heterocycles. The number of likely N-dealkylation sites (tertiary alicyclic amines) is 1. The number of ether oxygens (including phenoxy) is 1. The van der Waals surface area contributed by atoms with E-state index < -0.39 is 17.5 Å². The molecule has 1 spiro atoms. The molecule has 3 aliphatic heterocycles. The number of amides is 2. The third-order valence-corrected chi connectivity index (χ3v) is 6.80. The van der Waals surface area contributed by atoms with Crippen LogP contribution in [-0.4, -0.2) is 53.1 Å². The van der Waals surface area contributed by atoms with Crippen molar-refractivity contribution < 1.29 is 27.5 Å². The maximum absolute atomic E-state index is 12.8. The van der Waals surface area contributed by atoms with Gasteiger partial charge in [-0.25, -0.2) is 0 Å². The minimum absolute atomic E-state index is 0.0595. The van der Waals surface area contributed by atoms with E-state index in [4.69, 9.17) is 4.74 Å². The maximum atomic E-state index is 12.8. The molecular formula is C22H27F3N2O3. The lowest BCUT2D eigenvalue weighted by Crippen LogP contribution is -2.65. The Hall–Kier alpha value is -2.09. The van der Waals surface area contributed by atoms with Crippen molar-refractivity contribution in [1.29, 1.82) is 0 Å². The molecule has 2 amide bonds. The fourth-order valence-corrected chi connectivity index (χ4v) is 5.11. The molecular weight excluding hydrogens is 397 g/mol. The molecule has 0 radical (unpaired) electrons. The van der Waals surface area contributed by atoms with Crippen molar-refractivity contribution in [3.8, 4) is 0 Å². The standard InChI is InChI=1S/C22H27F3N2O3/c1-14(2)18-13-30-21-9-10-26(12-17(21)7-8-19(28)27(18)21)20(29)11-15-3-5-16(6-4-15)22(23,24)25/h3-6,14,17-18H,7-13H2,1-2H3/t17-,18-,21-/m1/s1. The van der Waals surface area contributed by atoms with Gasteiger partial charge in [-0.1, -0.05) is 26.0 Å². The van der Waals surface area contributed by atoms with Gasteiger partial charge in [-0.2, -0.15) is 13.2 Å². The number of halogens is 3. The maximum Gasteiger partial charge on any atom is 0.416 e. The molecule has 0 unspecified atom stereocenters. The highest BCUT2D eigenvalue weighted by Gasteiger charge is 2.59. The van der Waals surface area contributed by atoms with Gasteiger partial charge in [-0.05, 0) is 30.0 Å². The minimum atomic E-state index is -4.39. The van der Waals surface area contributed by atoms with Crippen LogP contribution >= 0.6 is 0 Å². The zero-order chi connectivity index (χ0) is 21.7. The third-order valence-electron chi connectivity index (χ3n) is 6.80. The van der Waals surface area contributed by atoms with Gasteiger partial charge in [-0.15, -0.1) is 0 Å². The van der Waals surface area contributed by atoms with E-state index in [-0.39, 0.29) is 30.2 Å². The molecule has 1 aromatic rings. The molecule has 30 heavy (non-hydrogen) atoms. The Morgan fingerprint density at radius 1 is 1.27 bits per heavy atom. The van der Waals surface area contributed by atoms with Crippen LogP contribution in [0.3, 0.4) is 0 Å². The van der Waals surface area contributed by atoms with Crippen LogP contribution in [0.15, 0.2) is 24.3 Å². The number of carbonyl (C=O) groups is 2. The molecule has 8 heteroatoms. The van der Waals surface area contributed by atoms with Gasteiger partial charge in [0.05, 0.1) is 24.6 Å². The van der Waals surface area contributed by atoms with E-state index in [1.165, 1.54) is 12.1 Å². The summed E-state index contributed by atoms with van der Waals surface area (Å²) in [6, 6.07) is 4.81. The minimum Gasteiger partial charge on any atom is -0.353 e. The van der Waals surface area contributed by atoms with Gasteiger partial charge < -0.3 is 14.5 Å². The third kappa shape index (κ3) is 3.59. The van der Waals surface area contributed by atoms with Gasteiger partial charge in [0.15, 0.2) is 0 Å². The quantitative estimate of drug-likeness (QED) is 0.747. The second kappa shape index (κ2) is 7.55. The fraction of sp³-hybridized carbons (Fsp3) is 0.636. The molecule has 164 valence electrons. The highest BCUT2D eigenvalue weighted by atomic mass is 19.4. The van der Waals surface area contributed by atoms with Crippen molar-refractivity contribution in [2.75, 3.05) is 19.7 Å². The molecule has 0 aromatic heterocycles. The number of alkyl halides is 3. The van der Waals surface area contributed by atoms with Crippen LogP contribution in [0.2, 0.25) is 0 Å². The Labute approximate surface area is 174 Å². The van der Waals surface area contributed by atoms with Crippen molar-refractivity contribution in [3.05, 3.63) is 35.4 Å². The lowest BCUT2D eigenvalue weighted by atomic mass is 9.79. The highest BCUT2D eigenvalue weighted by Crippen LogP contribution is 2.47. The average Bonchev–Trinajstić information content (AvgIpc) is 3.08. The van der Waals surface area contributed by atoms with Gasteiger partial charge >= 0.3 is 6.18 Å². The monoisotopic (exact) mass is 424 g/mol. The molecule has 3 aliphatic rings. The first kappa shape index (κ1) is 21.2. The number of carbonyl (C=O) groups excluding carboxylic acids is 2. The summed E-state index contributed by atoms with van der Waals surface area (Å²) in [5, 5.41) is 0. The lowest BCUT2D eigenvalue weighted by molar-refractivity contribution is -0.193. The summed E-state index contributed by atoms with van der Waals surface area (Å²) in [5.41, 5.74) is -0.774. The fourth-order valence-electron chi connectivity index (χ4n) is 5.11. The van der Waals surface area contributed by atoms with E-state index in [1.54, 1.807) is 4.90 Å². The van der Waals surface area contributed by atoms with Crippen LogP contribution in [0.1, 0.15) is 44.2 Å². The predicted octanol–water partition coefficient (Wildman–Crippen LogP) is 3.47. The van der Waals surface area contributed by atoms with E-state index in [0.29, 0.717) is 50.4 Å². The summed E-state index contributed by atoms with van der Waals surface area (Å²) in [6.45, 7) is 5.69. The van der Waals surface area contributed by atoms with Gasteiger partial charge in [0.1, 0.15) is 5.72 Å². The summed E-state index contributed by atoms with van der Waals surface area (Å²) in [7, 11) is 0. The Morgan fingerprint density at radius 3 is 2.60 bits per heavy atom. The zero-order valence-electron chi connectivity index (χ0n) is 17.2. The number of hydrogen-bond acceptors (Lipinski definition) is 3. The second-order valence-electron chi connectivity index (χ2n) is 8.93. The number of hydrogen-bond donors (Lipinski definition) is 0. The van der Waals surface area contributed by atoms with Crippen molar-refractivity contribution in [2.45, 2.75) is 57.5 Å². The van der Waals surface area contributed by atoms with Gasteiger partial charge in [0, 0.05) is 31.8 Å². The summed E-state index contributed by atoms with van der Waals surface area (Å²) in [4.78, 5) is 29.2. The number of nitrogens with zero attached hydrogens (tertiary/aromatic N) is 2. The molecule has 4 rings (SSSR count). The van der Waals surface area contributed by atoms with E-state index in [2.05, 4.69) is 13.8 Å². The van der Waals surface area contributed by atoms with Crippen molar-refractivity contribution >= 4 is 11.8 Å². The predicted molar refractivity (Wildman–Crippen MR) is 103 cm³/mol. The molecule has 0 aliphatic carbocycles. The highest BCUT2D eigenvalue weighted by molar-refractivity contribution is 5.80. The van der Waals surface area contributed by atoms with E-state index in [0.717, 1.165) is 12.1 Å². The number of rotatable bonds is 3. The van der Waals surface area contributed by atoms with Crippen molar-refractivity contribution in [3.63, 3.8) is 0 Å². The average molecular weight is 424 g/mol. The topological polar surface area (TPSA) is 49.9 Å². The van der Waals surface area contributed by atoms with E-state index >= 15 is 0 Å². The zero-order valence-corrected chi connectivity index (χ0v) is 17.2. The molecule has 0 bridgehead atoms. The van der Waals surface area contributed by atoms with Crippen LogP contribution in [0.4, 0.5) is 13.2 Å². The van der Waals surface area contributed by atoms with Crippen LogP contribution in [0, 0.1) is 11.8 Å². The molecule has 3 fully saturated rings. The summed E-state index contributed by atoms with van der Waals surface area (Å²) in [6.07, 6.45) is -2.60. The summed E-state index contributed by atoms with van der Waals surface area (Å²) < 4.78 is 44.4. The number of benzene rings is 1. The number of piperidine rings is 2. The molecule has 3 saturated heterocycles. The van der Waals surface area contributed by atoms with Crippen LogP contribution in [0.25, 0.3) is 0 Å². The molecule has 5 nitrogen and oxygen atoms in total. The molecule has 0 N–H and O–H groups in total. The molecule has 3 atom stereocenters. The SMILES string of the molecule is CC(C)[C@H]1CO[C@]23CCN(C(=O)Cc4ccc(C(F)(F)F)cc4)C[C@H]2CCC(=O)N13. The summed E-state index contributed by atoms with van der Waals surface area (Å²) >= 11 is 0. The Morgan fingerprint density at radius 2 is 1.97 bits per heavy atom. The first-order chi connectivity index (χ1) is 14.1. The lowest BCUT2D eigenvalue weighted by Gasteiger charge is -2.53. The first-order valence-electron chi connectivity index (χ1n) is 10.5. The van der Waals surface area contributed by atoms with E-state index in [9.17, 15) is 22.8 Å². The Balaban J connectivity index is 1.44. The van der Waals surface area contributed by atoms with Gasteiger partial charge in [0.2, 0.25) is 11.8 Å². The van der Waals surface area contributed by atoms with Crippen molar-refractivity contribution in [2.24, 2.45) is 11.8 Å². The molecule has 1 aromatic carbocycles. The second-order valence-corrected chi connectivity index (χ2v) is 8.93. The van der Waals surface area contributed by atoms with Crippen LogP contribution < -0.4 is 0 Å². The van der Waals surface area contributed by atoms with E-state index in [1.807, 2.05) is 4.90 Å². The first-order valence-corrected chi connectivity index (χ1v) is 10.5. The summed E-state index contributed by atoms with van der Waals surface area (Å²) in [5.74, 6) is 0.383. The van der Waals surface area contributed by atoms with Crippen molar-refractivity contribution in [1.82, 2.24) is 9.80 Å². The largest absolute Gasteiger partial charge is 0.416 e. The van der Waals surface area contributed by atoms with Gasteiger partial charge in [-0.3, -0.25) is 9.59 Å². The van der Waals surface area contributed by atoms with Gasteiger partial charge in [0.25, 0.3) is 0 Å². The Bertz CT molecular complexity index is 824.